The van der Waals surface area contributed by atoms with E-state index in [1.54, 1.807) is 12.3 Å². The van der Waals surface area contributed by atoms with Crippen LogP contribution in [-0.4, -0.2) is 21.5 Å². The summed E-state index contributed by atoms with van der Waals surface area (Å²) in [5.74, 6) is 7.37. The maximum Gasteiger partial charge on any atom is 0.145 e. The van der Waals surface area contributed by atoms with Crippen LogP contribution < -0.4 is 16.6 Å². The number of aromatic nitrogens is 3. The van der Waals surface area contributed by atoms with Crippen LogP contribution in [0.3, 0.4) is 0 Å². The van der Waals surface area contributed by atoms with E-state index in [-0.39, 0.29) is 0 Å². The molecule has 0 aromatic carbocycles. The van der Waals surface area contributed by atoms with Crippen LogP contribution in [0.1, 0.15) is 11.4 Å². The van der Waals surface area contributed by atoms with Crippen LogP contribution in [0.5, 0.6) is 0 Å². The largest absolute Gasteiger partial charge is 0.370 e. The number of nitrogens with zero attached hydrogens (tertiary/aromatic N) is 3. The van der Waals surface area contributed by atoms with Crippen LogP contribution in [0.25, 0.3) is 0 Å². The van der Waals surface area contributed by atoms with Crippen molar-refractivity contribution in [2.75, 3.05) is 17.3 Å². The van der Waals surface area contributed by atoms with E-state index in [9.17, 15) is 0 Å². The molecule has 2 aromatic rings. The lowest BCUT2D eigenvalue weighted by molar-refractivity contribution is 0.972. The first kappa shape index (κ1) is 12.3. The van der Waals surface area contributed by atoms with Gasteiger partial charge in [0, 0.05) is 25.0 Å². The number of nitrogens with one attached hydrogen (secondary N) is 2. The minimum atomic E-state index is 0.603. The fraction of sp³-hybridized carbons (Fsp3) is 0.250. The summed E-state index contributed by atoms with van der Waals surface area (Å²) in [6, 6.07) is 5.75. The smallest absolute Gasteiger partial charge is 0.145 e. The summed E-state index contributed by atoms with van der Waals surface area (Å²) in [4.78, 5) is 12.5. The zero-order chi connectivity index (χ0) is 12.8. The highest BCUT2D eigenvalue weighted by Gasteiger charge is 2.00. The molecule has 18 heavy (non-hydrogen) atoms. The van der Waals surface area contributed by atoms with E-state index in [0.29, 0.717) is 11.6 Å². The Morgan fingerprint density at radius 1 is 1.28 bits per heavy atom. The molecule has 6 nitrogen and oxygen atoms in total. The lowest BCUT2D eigenvalue weighted by Gasteiger charge is -2.08. The van der Waals surface area contributed by atoms with Crippen molar-refractivity contribution in [2.45, 2.75) is 13.3 Å². The molecule has 4 N–H and O–H groups in total. The number of rotatable bonds is 5. The summed E-state index contributed by atoms with van der Waals surface area (Å²) in [6.45, 7) is 2.61. The van der Waals surface area contributed by atoms with Gasteiger partial charge in [0.25, 0.3) is 0 Å². The number of hydrogen-bond acceptors (Lipinski definition) is 6. The second kappa shape index (κ2) is 5.92. The summed E-state index contributed by atoms with van der Waals surface area (Å²) in [7, 11) is 0. The number of pyridine rings is 1. The molecule has 0 bridgehead atoms. The third kappa shape index (κ3) is 3.39. The van der Waals surface area contributed by atoms with Crippen molar-refractivity contribution in [2.24, 2.45) is 5.84 Å². The number of anilines is 2. The van der Waals surface area contributed by atoms with E-state index >= 15 is 0 Å². The fourth-order valence-electron chi connectivity index (χ4n) is 1.61. The summed E-state index contributed by atoms with van der Waals surface area (Å²) < 4.78 is 0. The molecule has 0 aliphatic heterocycles. The average Bonchev–Trinajstić information content (AvgIpc) is 2.39. The van der Waals surface area contributed by atoms with Crippen molar-refractivity contribution in [3.8, 4) is 0 Å². The molecule has 2 aromatic heterocycles. The SMILES string of the molecule is Cc1nc(NN)cc(NCCc2cccnc2)n1. The first-order chi connectivity index (χ1) is 8.78. The Morgan fingerprint density at radius 2 is 2.11 bits per heavy atom. The van der Waals surface area contributed by atoms with E-state index in [0.717, 1.165) is 18.8 Å². The van der Waals surface area contributed by atoms with Gasteiger partial charge in [-0.2, -0.15) is 0 Å². The van der Waals surface area contributed by atoms with E-state index in [2.05, 4.69) is 25.7 Å². The van der Waals surface area contributed by atoms with Crippen molar-refractivity contribution in [3.63, 3.8) is 0 Å². The lowest BCUT2D eigenvalue weighted by atomic mass is 10.2. The molecule has 6 heteroatoms. The minimum Gasteiger partial charge on any atom is -0.370 e. The normalized spacial score (nSPS) is 10.1. The Bertz CT molecular complexity index is 499. The third-order valence-electron chi connectivity index (χ3n) is 2.43. The van der Waals surface area contributed by atoms with Gasteiger partial charge in [0.05, 0.1) is 0 Å². The van der Waals surface area contributed by atoms with Gasteiger partial charge in [-0.1, -0.05) is 6.07 Å². The topological polar surface area (TPSA) is 88.8 Å². The predicted molar refractivity (Wildman–Crippen MR) is 71.0 cm³/mol. The van der Waals surface area contributed by atoms with E-state index in [4.69, 9.17) is 5.84 Å². The van der Waals surface area contributed by atoms with Gasteiger partial charge in [0.15, 0.2) is 0 Å². The van der Waals surface area contributed by atoms with Crippen molar-refractivity contribution in [1.82, 2.24) is 15.0 Å². The standard InChI is InChI=1S/C12H16N6/c1-9-16-11(7-12(17-9)18-13)15-6-4-10-3-2-5-14-8-10/h2-3,5,7-8H,4,6,13H2,1H3,(H2,15,16,17,18). The molecule has 0 saturated heterocycles. The van der Waals surface area contributed by atoms with Crippen molar-refractivity contribution >= 4 is 11.6 Å². The zero-order valence-electron chi connectivity index (χ0n) is 10.2. The summed E-state index contributed by atoms with van der Waals surface area (Å²) in [5.41, 5.74) is 3.70. The van der Waals surface area contributed by atoms with Gasteiger partial charge >= 0.3 is 0 Å². The van der Waals surface area contributed by atoms with Gasteiger partial charge in [0.1, 0.15) is 17.5 Å². The molecule has 0 aliphatic carbocycles. The Kier molecular flexibility index (Phi) is 4.03. The molecule has 0 saturated carbocycles. The highest BCUT2D eigenvalue weighted by molar-refractivity contribution is 5.46. The highest BCUT2D eigenvalue weighted by atomic mass is 15.3. The van der Waals surface area contributed by atoms with Crippen LogP contribution in [0.4, 0.5) is 11.6 Å². The van der Waals surface area contributed by atoms with Crippen LogP contribution in [0.2, 0.25) is 0 Å². The first-order valence-corrected chi connectivity index (χ1v) is 5.73. The number of nitrogen functional groups attached to an aromatic ring is 1. The Labute approximate surface area is 106 Å². The Morgan fingerprint density at radius 3 is 2.83 bits per heavy atom. The minimum absolute atomic E-state index is 0.603. The quantitative estimate of drug-likeness (QED) is 0.539. The molecule has 0 amide bonds. The molecule has 0 atom stereocenters. The highest BCUT2D eigenvalue weighted by Crippen LogP contribution is 2.09. The molecule has 0 fully saturated rings. The van der Waals surface area contributed by atoms with Gasteiger partial charge in [0.2, 0.25) is 0 Å². The van der Waals surface area contributed by atoms with Crippen molar-refractivity contribution in [1.29, 1.82) is 0 Å². The number of aryl methyl sites for hydroxylation is 1. The van der Waals surface area contributed by atoms with Crippen LogP contribution >= 0.6 is 0 Å². The predicted octanol–water partition coefficient (Wildman–Crippen LogP) is 1.12. The van der Waals surface area contributed by atoms with Gasteiger partial charge in [-0.25, -0.2) is 15.8 Å². The molecule has 0 aliphatic rings. The third-order valence-corrected chi connectivity index (χ3v) is 2.43. The van der Waals surface area contributed by atoms with Crippen LogP contribution in [-0.2, 0) is 6.42 Å². The Balaban J connectivity index is 1.92. The summed E-state index contributed by atoms with van der Waals surface area (Å²) in [6.07, 6.45) is 4.52. The van der Waals surface area contributed by atoms with Gasteiger partial charge in [-0.05, 0) is 25.0 Å². The van der Waals surface area contributed by atoms with E-state index in [1.807, 2.05) is 25.3 Å². The van der Waals surface area contributed by atoms with Gasteiger partial charge in [-0.15, -0.1) is 0 Å². The van der Waals surface area contributed by atoms with Crippen molar-refractivity contribution < 1.29 is 0 Å². The lowest BCUT2D eigenvalue weighted by Crippen LogP contribution is -2.12. The zero-order valence-corrected chi connectivity index (χ0v) is 10.2. The molecule has 0 radical (unpaired) electrons. The van der Waals surface area contributed by atoms with E-state index in [1.165, 1.54) is 5.56 Å². The molecule has 2 heterocycles. The van der Waals surface area contributed by atoms with Crippen molar-refractivity contribution in [3.05, 3.63) is 42.0 Å². The second-order valence-electron chi connectivity index (χ2n) is 3.87. The number of hydrogen-bond donors (Lipinski definition) is 3. The van der Waals surface area contributed by atoms with Crippen LogP contribution in [0, 0.1) is 6.92 Å². The monoisotopic (exact) mass is 244 g/mol. The number of hydrazine groups is 1. The van der Waals surface area contributed by atoms with Crippen LogP contribution in [0.15, 0.2) is 30.6 Å². The average molecular weight is 244 g/mol. The molecule has 0 spiro atoms. The Hall–Kier alpha value is -2.21. The van der Waals surface area contributed by atoms with Gasteiger partial charge in [-0.3, -0.25) is 4.98 Å². The molecular formula is C12H16N6. The summed E-state index contributed by atoms with van der Waals surface area (Å²) >= 11 is 0. The molecular weight excluding hydrogens is 228 g/mol. The first-order valence-electron chi connectivity index (χ1n) is 5.73. The summed E-state index contributed by atoms with van der Waals surface area (Å²) in [5, 5.41) is 3.23. The maximum absolute atomic E-state index is 5.33. The molecule has 94 valence electrons. The molecule has 2 rings (SSSR count). The fourth-order valence-corrected chi connectivity index (χ4v) is 1.61. The maximum atomic E-state index is 5.33. The van der Waals surface area contributed by atoms with Gasteiger partial charge < -0.3 is 10.7 Å². The molecule has 0 unspecified atom stereocenters. The number of nitrogens with two attached hydrogens (primary N) is 1. The van der Waals surface area contributed by atoms with E-state index < -0.39 is 0 Å². The second-order valence-corrected chi connectivity index (χ2v) is 3.87.